The lowest BCUT2D eigenvalue weighted by Crippen LogP contribution is -2.35. The number of hydrogen-bond donors (Lipinski definition) is 2. The van der Waals surface area contributed by atoms with Crippen molar-refractivity contribution in [1.82, 2.24) is 15.3 Å². The molecule has 0 radical (unpaired) electrons. The highest BCUT2D eigenvalue weighted by atomic mass is 16.5. The van der Waals surface area contributed by atoms with Crippen molar-refractivity contribution in [3.8, 4) is 11.3 Å². The summed E-state index contributed by atoms with van der Waals surface area (Å²) in [6, 6.07) is 15.7. The van der Waals surface area contributed by atoms with Gasteiger partial charge in [0.25, 0.3) is 0 Å². The zero-order valence-electron chi connectivity index (χ0n) is 19.9. The first-order valence-corrected chi connectivity index (χ1v) is 12.2. The van der Waals surface area contributed by atoms with E-state index in [1.165, 1.54) is 25.3 Å². The van der Waals surface area contributed by atoms with E-state index in [0.29, 0.717) is 47.2 Å². The van der Waals surface area contributed by atoms with Crippen LogP contribution in [-0.2, 0) is 4.74 Å². The molecule has 1 saturated carbocycles. The van der Waals surface area contributed by atoms with Crippen LogP contribution in [0.4, 0.5) is 11.6 Å². The van der Waals surface area contributed by atoms with E-state index in [-0.39, 0.29) is 11.3 Å². The van der Waals surface area contributed by atoms with Crippen molar-refractivity contribution in [3.63, 3.8) is 0 Å². The number of hydrogen-bond acceptors (Lipinski definition) is 8. The maximum Gasteiger partial charge on any atom is 0.347 e. The first-order chi connectivity index (χ1) is 17.6. The second-order valence-corrected chi connectivity index (χ2v) is 9.26. The molecule has 2 fully saturated rings. The first kappa shape index (κ1) is 22.6. The van der Waals surface area contributed by atoms with Gasteiger partial charge in [0.2, 0.25) is 5.95 Å². The number of carbonyl (C=O) groups excluding carboxylic acids is 1. The molecule has 2 aliphatic rings. The van der Waals surface area contributed by atoms with Gasteiger partial charge in [-0.05, 0) is 49.4 Å². The number of anilines is 2. The van der Waals surface area contributed by atoms with Crippen LogP contribution >= 0.6 is 0 Å². The van der Waals surface area contributed by atoms with Crippen LogP contribution < -0.4 is 16.3 Å². The van der Waals surface area contributed by atoms with Crippen molar-refractivity contribution in [1.29, 1.82) is 0 Å². The summed E-state index contributed by atoms with van der Waals surface area (Å²) in [5, 5.41) is 7.17. The molecule has 1 atom stereocenters. The molecule has 4 aromatic rings. The van der Waals surface area contributed by atoms with Crippen LogP contribution in [0.2, 0.25) is 0 Å². The zero-order valence-corrected chi connectivity index (χ0v) is 19.9. The molecule has 1 unspecified atom stereocenters. The van der Waals surface area contributed by atoms with Gasteiger partial charge in [-0.2, -0.15) is 0 Å². The molecule has 182 valence electrons. The van der Waals surface area contributed by atoms with Gasteiger partial charge in [0.05, 0.1) is 18.4 Å². The average Bonchev–Trinajstić information content (AvgIpc) is 3.74. The van der Waals surface area contributed by atoms with Crippen molar-refractivity contribution in [2.45, 2.75) is 31.8 Å². The molecule has 0 bridgehead atoms. The number of nitrogens with one attached hydrogen (secondary N) is 2. The average molecular weight is 483 g/mol. The van der Waals surface area contributed by atoms with Crippen LogP contribution in [0.25, 0.3) is 22.2 Å². The highest BCUT2D eigenvalue weighted by molar-refractivity contribution is 6.00. The summed E-state index contributed by atoms with van der Waals surface area (Å²) in [7, 11) is 0. The van der Waals surface area contributed by atoms with Crippen molar-refractivity contribution < 1.29 is 13.9 Å². The Morgan fingerprint density at radius 1 is 1.14 bits per heavy atom. The second-order valence-electron chi connectivity index (χ2n) is 9.26. The van der Waals surface area contributed by atoms with Gasteiger partial charge in [0.15, 0.2) is 5.78 Å². The molecule has 2 aromatic carbocycles. The molecule has 8 nitrogen and oxygen atoms in total. The standard InChI is InChI=1S/C28H26N4O4/c1-16(33)25-26(24-15-29-12-13-35-24)21-9-8-18(14-23(21)36-27(25)34)31-28-30-11-10-22(32-28)20-5-3-2-4-19(20)17-6-7-17/h2-5,8-11,14,17,24,29H,6-7,12-13,15H2,1H3,(H,30,31,32). The van der Waals surface area contributed by atoms with Crippen LogP contribution in [0.1, 0.15) is 53.3 Å². The molecule has 6 rings (SSSR count). The highest BCUT2D eigenvalue weighted by Gasteiger charge is 2.28. The van der Waals surface area contributed by atoms with Gasteiger partial charge in [-0.1, -0.05) is 24.3 Å². The molecule has 1 saturated heterocycles. The van der Waals surface area contributed by atoms with Crippen molar-refractivity contribution in [2.75, 3.05) is 25.0 Å². The van der Waals surface area contributed by atoms with Gasteiger partial charge in [-0.3, -0.25) is 4.79 Å². The molecule has 3 heterocycles. The molecular formula is C28H26N4O4. The molecular weight excluding hydrogens is 456 g/mol. The first-order valence-electron chi connectivity index (χ1n) is 12.2. The maximum absolute atomic E-state index is 12.8. The third-order valence-corrected chi connectivity index (χ3v) is 6.72. The summed E-state index contributed by atoms with van der Waals surface area (Å²) >= 11 is 0. The lowest BCUT2D eigenvalue weighted by atomic mass is 9.96. The smallest absolute Gasteiger partial charge is 0.347 e. The fourth-order valence-corrected chi connectivity index (χ4v) is 4.90. The minimum atomic E-state index is -0.661. The molecule has 1 aliphatic carbocycles. The van der Waals surface area contributed by atoms with E-state index in [1.807, 2.05) is 24.3 Å². The number of benzene rings is 2. The maximum atomic E-state index is 12.8. The monoisotopic (exact) mass is 482 g/mol. The number of Topliss-reactive ketones (excluding diaryl/α,β-unsaturated/α-hetero) is 1. The van der Waals surface area contributed by atoms with E-state index in [1.54, 1.807) is 12.3 Å². The Hall–Kier alpha value is -3.88. The summed E-state index contributed by atoms with van der Waals surface area (Å²) < 4.78 is 11.5. The van der Waals surface area contributed by atoms with E-state index in [0.717, 1.165) is 17.8 Å². The number of aromatic nitrogens is 2. The normalized spacial score (nSPS) is 17.8. The Morgan fingerprint density at radius 2 is 2.00 bits per heavy atom. The molecule has 1 aliphatic heterocycles. The van der Waals surface area contributed by atoms with Gasteiger partial charge >= 0.3 is 5.63 Å². The predicted molar refractivity (Wildman–Crippen MR) is 137 cm³/mol. The van der Waals surface area contributed by atoms with E-state index in [9.17, 15) is 9.59 Å². The Labute approximate surface area is 207 Å². The Morgan fingerprint density at radius 3 is 2.78 bits per heavy atom. The number of carbonyl (C=O) groups is 1. The summed E-state index contributed by atoms with van der Waals surface area (Å²) in [4.78, 5) is 34.3. The largest absolute Gasteiger partial charge is 0.422 e. The molecule has 36 heavy (non-hydrogen) atoms. The second kappa shape index (κ2) is 9.29. The van der Waals surface area contributed by atoms with Gasteiger partial charge in [0, 0.05) is 47.6 Å². The number of morpholine rings is 1. The summed E-state index contributed by atoms with van der Waals surface area (Å²) in [5.74, 6) is 0.710. The van der Waals surface area contributed by atoms with E-state index < -0.39 is 11.7 Å². The molecule has 2 N–H and O–H groups in total. The van der Waals surface area contributed by atoms with E-state index >= 15 is 0 Å². The molecule has 8 heteroatoms. The van der Waals surface area contributed by atoms with Gasteiger partial charge in [-0.15, -0.1) is 0 Å². The molecule has 0 spiro atoms. The summed E-state index contributed by atoms with van der Waals surface area (Å²) in [6.45, 7) is 3.12. The number of rotatable bonds is 6. The lowest BCUT2D eigenvalue weighted by Gasteiger charge is -2.26. The topological polar surface area (TPSA) is 106 Å². The van der Waals surface area contributed by atoms with Crippen LogP contribution in [-0.4, -0.2) is 35.4 Å². The third-order valence-electron chi connectivity index (χ3n) is 6.72. The van der Waals surface area contributed by atoms with Crippen LogP contribution in [0, 0.1) is 0 Å². The fraction of sp³-hybridized carbons (Fsp3) is 0.286. The SMILES string of the molecule is CC(=O)c1c(C2CNCCO2)c2ccc(Nc3nccc(-c4ccccc4C4CC4)n3)cc2oc1=O. The Bertz CT molecular complexity index is 1520. The van der Waals surface area contributed by atoms with E-state index in [4.69, 9.17) is 14.1 Å². The Kier molecular flexibility index (Phi) is 5.83. The lowest BCUT2D eigenvalue weighted by molar-refractivity contribution is 0.0277. The van der Waals surface area contributed by atoms with Gasteiger partial charge in [-0.25, -0.2) is 14.8 Å². The number of fused-ring (bicyclic) bond motifs is 1. The van der Waals surface area contributed by atoms with Crippen LogP contribution in [0.3, 0.4) is 0 Å². The third kappa shape index (κ3) is 4.29. The number of ether oxygens (including phenoxy) is 1. The van der Waals surface area contributed by atoms with Gasteiger partial charge in [0.1, 0.15) is 11.1 Å². The predicted octanol–water partition coefficient (Wildman–Crippen LogP) is 4.73. The number of ketones is 1. The zero-order chi connectivity index (χ0) is 24.6. The highest BCUT2D eigenvalue weighted by Crippen LogP contribution is 2.44. The minimum absolute atomic E-state index is 0.0438. The van der Waals surface area contributed by atoms with Crippen molar-refractivity contribution in [3.05, 3.63) is 81.8 Å². The molecule has 2 aromatic heterocycles. The summed E-state index contributed by atoms with van der Waals surface area (Å²) in [6.07, 6.45) is 3.75. The number of nitrogens with zero attached hydrogens (tertiary/aromatic N) is 2. The molecule has 0 amide bonds. The summed E-state index contributed by atoms with van der Waals surface area (Å²) in [5.41, 5.74) is 4.30. The fourth-order valence-electron chi connectivity index (χ4n) is 4.90. The van der Waals surface area contributed by atoms with E-state index in [2.05, 4.69) is 33.8 Å². The van der Waals surface area contributed by atoms with Crippen molar-refractivity contribution >= 4 is 28.4 Å². The van der Waals surface area contributed by atoms with Crippen molar-refractivity contribution in [2.24, 2.45) is 0 Å². The Balaban J connectivity index is 1.36. The van der Waals surface area contributed by atoms with Crippen LogP contribution in [0.5, 0.6) is 0 Å². The van der Waals surface area contributed by atoms with Gasteiger partial charge < -0.3 is 19.8 Å². The van der Waals surface area contributed by atoms with Crippen LogP contribution in [0.15, 0.2) is 63.9 Å². The quantitative estimate of drug-likeness (QED) is 0.300. The minimum Gasteiger partial charge on any atom is -0.422 e.